The zero-order chi connectivity index (χ0) is 14.0. The van der Waals surface area contributed by atoms with Crippen LogP contribution >= 0.6 is 0 Å². The molecule has 0 aliphatic carbocycles. The van der Waals surface area contributed by atoms with Crippen LogP contribution in [0.4, 0.5) is 26.3 Å². The molecular weight excluding hydrogens is 262 g/mol. The van der Waals surface area contributed by atoms with Crippen LogP contribution in [0.2, 0.25) is 0 Å². The van der Waals surface area contributed by atoms with Gasteiger partial charge in [-0.25, -0.2) is 0 Å². The summed E-state index contributed by atoms with van der Waals surface area (Å²) < 4.78 is 77.9. The fraction of sp³-hybridized carbons (Fsp3) is 0.455. The second-order valence-corrected chi connectivity index (χ2v) is 3.71. The van der Waals surface area contributed by atoms with E-state index in [2.05, 4.69) is 4.74 Å². The number of rotatable bonds is 3. The molecule has 0 bridgehead atoms. The van der Waals surface area contributed by atoms with Crippen LogP contribution in [0.5, 0.6) is 5.75 Å². The van der Waals surface area contributed by atoms with Gasteiger partial charge < -0.3 is 4.74 Å². The van der Waals surface area contributed by atoms with Crippen molar-refractivity contribution in [3.63, 3.8) is 0 Å². The van der Waals surface area contributed by atoms with E-state index in [9.17, 15) is 26.3 Å². The Hall–Kier alpha value is -1.40. The summed E-state index contributed by atoms with van der Waals surface area (Å²) in [5.74, 6) is -0.586. The van der Waals surface area contributed by atoms with Gasteiger partial charge in [0.25, 0.3) is 0 Å². The minimum atomic E-state index is -4.65. The molecule has 1 aromatic carbocycles. The minimum Gasteiger partial charge on any atom is -0.493 e. The second-order valence-electron chi connectivity index (χ2n) is 3.71. The number of alkyl halides is 6. The van der Waals surface area contributed by atoms with Gasteiger partial charge in [-0.1, -0.05) is 11.6 Å². The van der Waals surface area contributed by atoms with Crippen LogP contribution in [0.1, 0.15) is 17.5 Å². The van der Waals surface area contributed by atoms with Crippen molar-refractivity contribution in [2.24, 2.45) is 0 Å². The Morgan fingerprint density at radius 3 is 2.17 bits per heavy atom. The molecule has 1 rings (SSSR count). The number of halogens is 6. The Balaban J connectivity index is 2.83. The van der Waals surface area contributed by atoms with E-state index in [1.807, 2.05) is 0 Å². The maximum atomic E-state index is 12.6. The lowest BCUT2D eigenvalue weighted by molar-refractivity contribution is -0.143. The highest BCUT2D eigenvalue weighted by Crippen LogP contribution is 2.37. The summed E-state index contributed by atoms with van der Waals surface area (Å²) in [5, 5.41) is 0. The zero-order valence-corrected chi connectivity index (χ0v) is 9.32. The van der Waals surface area contributed by atoms with Gasteiger partial charge in [0.1, 0.15) is 5.75 Å². The van der Waals surface area contributed by atoms with Gasteiger partial charge in [-0.3, -0.25) is 0 Å². The first kappa shape index (κ1) is 14.7. The number of hydrogen-bond donors (Lipinski definition) is 0. The van der Waals surface area contributed by atoms with E-state index in [1.165, 1.54) is 13.0 Å². The fourth-order valence-electron chi connectivity index (χ4n) is 1.27. The largest absolute Gasteiger partial charge is 0.493 e. The number of benzene rings is 1. The Labute approximate surface area is 99.4 Å². The first-order valence-electron chi connectivity index (χ1n) is 4.97. The molecule has 0 radical (unpaired) electrons. The van der Waals surface area contributed by atoms with E-state index in [1.54, 1.807) is 0 Å². The maximum Gasteiger partial charge on any atom is 0.419 e. The van der Waals surface area contributed by atoms with Crippen molar-refractivity contribution in [2.45, 2.75) is 25.7 Å². The molecule has 0 atom stereocenters. The van der Waals surface area contributed by atoms with Crippen molar-refractivity contribution < 1.29 is 31.1 Å². The predicted molar refractivity (Wildman–Crippen MR) is 52.3 cm³/mol. The van der Waals surface area contributed by atoms with Crippen molar-refractivity contribution in [1.82, 2.24) is 0 Å². The van der Waals surface area contributed by atoms with Crippen LogP contribution in [-0.2, 0) is 6.18 Å². The molecule has 7 heteroatoms. The third-order valence-corrected chi connectivity index (χ3v) is 2.08. The van der Waals surface area contributed by atoms with Crippen LogP contribution in [-0.4, -0.2) is 12.8 Å². The molecular formula is C11H10F6O. The Bertz CT molecular complexity index is 407. The van der Waals surface area contributed by atoms with Gasteiger partial charge in [0.05, 0.1) is 18.6 Å². The van der Waals surface area contributed by atoms with E-state index >= 15 is 0 Å². The van der Waals surface area contributed by atoms with E-state index in [0.29, 0.717) is 5.56 Å². The van der Waals surface area contributed by atoms with Crippen molar-refractivity contribution in [3.05, 3.63) is 29.3 Å². The van der Waals surface area contributed by atoms with E-state index in [0.717, 1.165) is 12.1 Å². The van der Waals surface area contributed by atoms with Crippen molar-refractivity contribution in [2.75, 3.05) is 6.61 Å². The first-order chi connectivity index (χ1) is 8.09. The highest BCUT2D eigenvalue weighted by molar-refractivity contribution is 5.38. The van der Waals surface area contributed by atoms with Gasteiger partial charge in [0.15, 0.2) is 0 Å². The summed E-state index contributed by atoms with van der Waals surface area (Å²) in [4.78, 5) is 0. The van der Waals surface area contributed by atoms with E-state index in [4.69, 9.17) is 0 Å². The fourth-order valence-corrected chi connectivity index (χ4v) is 1.27. The van der Waals surface area contributed by atoms with Crippen LogP contribution in [0.25, 0.3) is 0 Å². The van der Waals surface area contributed by atoms with Gasteiger partial charge in [-0.15, -0.1) is 0 Å². The number of hydrogen-bond acceptors (Lipinski definition) is 1. The second kappa shape index (κ2) is 5.07. The van der Waals surface area contributed by atoms with E-state index < -0.39 is 36.7 Å². The SMILES string of the molecule is Cc1ccc(OCCC(F)(F)F)c(C(F)(F)F)c1. The molecule has 0 saturated heterocycles. The van der Waals surface area contributed by atoms with Crippen LogP contribution in [0.3, 0.4) is 0 Å². The first-order valence-corrected chi connectivity index (χ1v) is 4.97. The third kappa shape index (κ3) is 4.46. The minimum absolute atomic E-state index is 0.352. The Kier molecular flexibility index (Phi) is 4.13. The van der Waals surface area contributed by atoms with Gasteiger partial charge in [0, 0.05) is 0 Å². The van der Waals surface area contributed by atoms with Crippen LogP contribution in [0, 0.1) is 6.92 Å². The van der Waals surface area contributed by atoms with Crippen molar-refractivity contribution in [1.29, 1.82) is 0 Å². The van der Waals surface area contributed by atoms with Gasteiger partial charge in [0.2, 0.25) is 0 Å². The summed E-state index contributed by atoms with van der Waals surface area (Å²) in [5.41, 5.74) is -0.713. The average Bonchev–Trinajstić information content (AvgIpc) is 2.17. The topological polar surface area (TPSA) is 9.23 Å². The van der Waals surface area contributed by atoms with E-state index in [-0.39, 0.29) is 0 Å². The number of aryl methyl sites for hydroxylation is 1. The standard InChI is InChI=1S/C11H10F6O/c1-7-2-3-9(8(6-7)11(15,16)17)18-5-4-10(12,13)14/h2-3,6H,4-5H2,1H3. The monoisotopic (exact) mass is 272 g/mol. The van der Waals surface area contributed by atoms with Gasteiger partial charge in [-0.2, -0.15) is 26.3 Å². The molecule has 1 nitrogen and oxygen atoms in total. The third-order valence-electron chi connectivity index (χ3n) is 2.08. The van der Waals surface area contributed by atoms with Crippen molar-refractivity contribution in [3.8, 4) is 5.75 Å². The summed E-state index contributed by atoms with van der Waals surface area (Å²) in [6, 6.07) is 3.20. The lowest BCUT2D eigenvalue weighted by Crippen LogP contribution is -2.15. The van der Waals surface area contributed by atoms with Crippen LogP contribution < -0.4 is 4.74 Å². The van der Waals surface area contributed by atoms with Crippen molar-refractivity contribution >= 4 is 0 Å². The van der Waals surface area contributed by atoms with Gasteiger partial charge >= 0.3 is 12.4 Å². The maximum absolute atomic E-state index is 12.6. The lowest BCUT2D eigenvalue weighted by Gasteiger charge is -2.15. The summed E-state index contributed by atoms with van der Waals surface area (Å²) >= 11 is 0. The summed E-state index contributed by atoms with van der Waals surface area (Å²) in [6.45, 7) is 0.615. The molecule has 0 aliphatic heterocycles. The summed E-state index contributed by atoms with van der Waals surface area (Å²) in [6.07, 6.45) is -10.4. The summed E-state index contributed by atoms with van der Waals surface area (Å²) in [7, 11) is 0. The Morgan fingerprint density at radius 1 is 1.06 bits per heavy atom. The molecule has 102 valence electrons. The quantitative estimate of drug-likeness (QED) is 0.743. The van der Waals surface area contributed by atoms with Crippen LogP contribution in [0.15, 0.2) is 18.2 Å². The molecule has 0 saturated carbocycles. The predicted octanol–water partition coefficient (Wildman–Crippen LogP) is 4.35. The normalized spacial score (nSPS) is 12.6. The highest BCUT2D eigenvalue weighted by Gasteiger charge is 2.35. The molecule has 1 aromatic rings. The molecule has 0 fully saturated rings. The molecule has 18 heavy (non-hydrogen) atoms. The molecule has 0 N–H and O–H groups in total. The Morgan fingerprint density at radius 2 is 1.67 bits per heavy atom. The average molecular weight is 272 g/mol. The lowest BCUT2D eigenvalue weighted by atomic mass is 10.1. The molecule has 0 aliphatic rings. The smallest absolute Gasteiger partial charge is 0.419 e. The zero-order valence-electron chi connectivity index (χ0n) is 9.32. The number of ether oxygens (including phenoxy) is 1. The molecule has 0 amide bonds. The molecule has 0 spiro atoms. The molecule has 0 unspecified atom stereocenters. The van der Waals surface area contributed by atoms with Gasteiger partial charge in [-0.05, 0) is 19.1 Å². The molecule has 0 heterocycles. The highest BCUT2D eigenvalue weighted by atomic mass is 19.4. The molecule has 0 aromatic heterocycles.